The number of nitrogens with one attached hydrogen (secondary N) is 1. The summed E-state index contributed by atoms with van der Waals surface area (Å²) in [5, 5.41) is 2.73. The number of urea groups is 2. The molecule has 0 unspecified atom stereocenters. The molecule has 0 aliphatic carbocycles. The van der Waals surface area contributed by atoms with E-state index >= 15 is 0 Å². The van der Waals surface area contributed by atoms with E-state index in [1.807, 2.05) is 30.3 Å². The molecule has 0 aromatic heterocycles. The number of para-hydroxylation sites is 1. The van der Waals surface area contributed by atoms with Gasteiger partial charge in [-0.2, -0.15) is 0 Å². The quantitative estimate of drug-likeness (QED) is 0.657. The molecule has 0 aliphatic heterocycles. The van der Waals surface area contributed by atoms with Crippen LogP contribution in [0.3, 0.4) is 0 Å². The van der Waals surface area contributed by atoms with Crippen molar-refractivity contribution in [2.24, 2.45) is 11.5 Å². The van der Waals surface area contributed by atoms with E-state index in [4.69, 9.17) is 4.79 Å². The Bertz CT molecular complexity index is 334. The van der Waals surface area contributed by atoms with Gasteiger partial charge in [-0.3, -0.25) is 0 Å². The molecule has 0 radical (unpaired) electrons. The van der Waals surface area contributed by atoms with Gasteiger partial charge in [-0.05, 0) is 12.1 Å². The van der Waals surface area contributed by atoms with E-state index in [-0.39, 0.29) is 6.03 Å². The summed E-state index contributed by atoms with van der Waals surface area (Å²) in [6.07, 6.45) is 0. The van der Waals surface area contributed by atoms with Gasteiger partial charge in [0, 0.05) is 19.8 Å². The van der Waals surface area contributed by atoms with Gasteiger partial charge < -0.3 is 21.7 Å². The Kier molecular flexibility index (Phi) is 6.11. The molecule has 6 heteroatoms. The van der Waals surface area contributed by atoms with E-state index in [1.165, 1.54) is 4.90 Å². The Hall–Kier alpha value is -2.24. The van der Waals surface area contributed by atoms with Crippen LogP contribution in [-0.4, -0.2) is 31.1 Å². The number of hydrogen-bond acceptors (Lipinski definition) is 2. The summed E-state index contributed by atoms with van der Waals surface area (Å²) in [5.41, 5.74) is 9.32. The molecular weight excluding hydrogens is 208 g/mol. The van der Waals surface area contributed by atoms with Crippen molar-refractivity contribution in [2.75, 3.05) is 19.4 Å². The summed E-state index contributed by atoms with van der Waals surface area (Å²) < 4.78 is 0. The number of anilines is 1. The van der Waals surface area contributed by atoms with Crippen LogP contribution in [0.1, 0.15) is 0 Å². The second kappa shape index (κ2) is 7.10. The van der Waals surface area contributed by atoms with Crippen LogP contribution in [0.15, 0.2) is 30.3 Å². The zero-order valence-corrected chi connectivity index (χ0v) is 9.31. The van der Waals surface area contributed by atoms with Gasteiger partial charge in [0.25, 0.3) is 0 Å². The molecule has 5 N–H and O–H groups in total. The van der Waals surface area contributed by atoms with Crippen molar-refractivity contribution in [3.05, 3.63) is 30.3 Å². The first-order valence-electron chi connectivity index (χ1n) is 4.51. The number of carbonyl (C=O) groups excluding carboxylic acids is 2. The third kappa shape index (κ3) is 7.19. The predicted octanol–water partition coefficient (Wildman–Crippen LogP) is 0.804. The van der Waals surface area contributed by atoms with Gasteiger partial charge in [0.1, 0.15) is 0 Å². The van der Waals surface area contributed by atoms with Crippen molar-refractivity contribution in [2.45, 2.75) is 0 Å². The molecule has 0 aliphatic rings. The molecule has 0 fully saturated rings. The molecule has 1 aromatic carbocycles. The highest BCUT2D eigenvalue weighted by Gasteiger charge is 2.01. The SMILES string of the molecule is CN(C)C(=O)Nc1ccccc1.NC(N)=O. The normalized spacial score (nSPS) is 8.38. The van der Waals surface area contributed by atoms with Gasteiger partial charge in [-0.15, -0.1) is 0 Å². The third-order valence-corrected chi connectivity index (χ3v) is 1.43. The van der Waals surface area contributed by atoms with Crippen molar-refractivity contribution < 1.29 is 9.59 Å². The summed E-state index contributed by atoms with van der Waals surface area (Å²) in [5.74, 6) is 0. The van der Waals surface area contributed by atoms with Crippen LogP contribution in [0, 0.1) is 0 Å². The van der Waals surface area contributed by atoms with Crippen molar-refractivity contribution >= 4 is 17.7 Å². The highest BCUT2D eigenvalue weighted by Crippen LogP contribution is 2.04. The minimum atomic E-state index is -0.833. The average molecular weight is 224 g/mol. The standard InChI is InChI=1S/C9H12N2O.CH4N2O/c1-11(2)9(12)10-8-6-4-3-5-7-8;2-1(3)4/h3-7H,1-2H3,(H,10,12);(H4,2,3,4). The molecule has 0 bridgehead atoms. The monoisotopic (exact) mass is 224 g/mol. The molecule has 4 amide bonds. The highest BCUT2D eigenvalue weighted by atomic mass is 16.2. The maximum atomic E-state index is 11.1. The lowest BCUT2D eigenvalue weighted by Crippen LogP contribution is -2.27. The fraction of sp³-hybridized carbons (Fsp3) is 0.200. The molecule has 0 heterocycles. The van der Waals surface area contributed by atoms with Crippen molar-refractivity contribution in [3.8, 4) is 0 Å². The summed E-state index contributed by atoms with van der Waals surface area (Å²) in [6.45, 7) is 0. The van der Waals surface area contributed by atoms with Gasteiger partial charge in [-0.1, -0.05) is 18.2 Å². The number of carbonyl (C=O) groups is 2. The van der Waals surface area contributed by atoms with Gasteiger partial charge in [0.2, 0.25) is 0 Å². The lowest BCUT2D eigenvalue weighted by Gasteiger charge is -2.11. The average Bonchev–Trinajstić information content (AvgIpc) is 2.18. The molecule has 1 rings (SSSR count). The highest BCUT2D eigenvalue weighted by molar-refractivity contribution is 5.88. The summed E-state index contributed by atoms with van der Waals surface area (Å²) in [4.78, 5) is 21.6. The molecule has 0 saturated heterocycles. The number of primary amides is 2. The first-order valence-corrected chi connectivity index (χ1v) is 4.51. The molecule has 6 nitrogen and oxygen atoms in total. The second-order valence-electron chi connectivity index (χ2n) is 3.09. The van der Waals surface area contributed by atoms with Crippen LogP contribution in [0.5, 0.6) is 0 Å². The van der Waals surface area contributed by atoms with Gasteiger partial charge in [0.15, 0.2) is 0 Å². The molecule has 0 saturated carbocycles. The lowest BCUT2D eigenvalue weighted by molar-refractivity contribution is 0.230. The van der Waals surface area contributed by atoms with Crippen LogP contribution in [0.25, 0.3) is 0 Å². The first-order chi connectivity index (χ1) is 7.43. The van der Waals surface area contributed by atoms with E-state index in [1.54, 1.807) is 14.1 Å². The van der Waals surface area contributed by atoms with Gasteiger partial charge in [0.05, 0.1) is 0 Å². The third-order valence-electron chi connectivity index (χ3n) is 1.43. The topological polar surface area (TPSA) is 101 Å². The summed E-state index contributed by atoms with van der Waals surface area (Å²) in [7, 11) is 3.41. The van der Waals surface area contributed by atoms with E-state index in [9.17, 15) is 4.79 Å². The van der Waals surface area contributed by atoms with Crippen molar-refractivity contribution in [1.29, 1.82) is 0 Å². The number of nitrogens with zero attached hydrogens (tertiary/aromatic N) is 1. The van der Waals surface area contributed by atoms with E-state index in [0.29, 0.717) is 0 Å². The Labute approximate surface area is 94.2 Å². The number of amides is 4. The fourth-order valence-corrected chi connectivity index (χ4v) is 0.757. The zero-order valence-electron chi connectivity index (χ0n) is 9.31. The Morgan fingerprint density at radius 1 is 1.12 bits per heavy atom. The van der Waals surface area contributed by atoms with Crippen LogP contribution >= 0.6 is 0 Å². The van der Waals surface area contributed by atoms with Crippen LogP contribution in [0.4, 0.5) is 15.3 Å². The molecule has 1 aromatic rings. The summed E-state index contributed by atoms with van der Waals surface area (Å²) >= 11 is 0. The Morgan fingerprint density at radius 2 is 1.56 bits per heavy atom. The minimum Gasteiger partial charge on any atom is -0.352 e. The minimum absolute atomic E-state index is 0.110. The fourth-order valence-electron chi connectivity index (χ4n) is 0.757. The Balaban J connectivity index is 0.000000487. The predicted molar refractivity (Wildman–Crippen MR) is 62.9 cm³/mol. The smallest absolute Gasteiger partial charge is 0.321 e. The van der Waals surface area contributed by atoms with E-state index in [0.717, 1.165) is 5.69 Å². The zero-order chi connectivity index (χ0) is 12.6. The number of benzene rings is 1. The van der Waals surface area contributed by atoms with Crippen LogP contribution in [-0.2, 0) is 0 Å². The Morgan fingerprint density at radius 3 is 1.94 bits per heavy atom. The van der Waals surface area contributed by atoms with Crippen molar-refractivity contribution in [1.82, 2.24) is 4.90 Å². The van der Waals surface area contributed by atoms with Crippen LogP contribution < -0.4 is 16.8 Å². The second-order valence-corrected chi connectivity index (χ2v) is 3.09. The summed E-state index contributed by atoms with van der Waals surface area (Å²) in [6, 6.07) is 8.42. The maximum absolute atomic E-state index is 11.1. The molecule has 0 atom stereocenters. The van der Waals surface area contributed by atoms with Gasteiger partial charge in [-0.25, -0.2) is 9.59 Å². The van der Waals surface area contributed by atoms with Gasteiger partial charge >= 0.3 is 12.1 Å². The molecule has 0 spiro atoms. The molecule has 16 heavy (non-hydrogen) atoms. The van der Waals surface area contributed by atoms with E-state index < -0.39 is 6.03 Å². The first kappa shape index (κ1) is 13.8. The molecular formula is C10H16N4O2. The number of hydrogen-bond donors (Lipinski definition) is 3. The van der Waals surface area contributed by atoms with E-state index in [2.05, 4.69) is 16.8 Å². The number of nitrogens with two attached hydrogens (primary N) is 2. The molecule has 88 valence electrons. The largest absolute Gasteiger partial charge is 0.352 e. The maximum Gasteiger partial charge on any atom is 0.321 e. The lowest BCUT2D eigenvalue weighted by atomic mass is 10.3. The number of rotatable bonds is 1. The van der Waals surface area contributed by atoms with Crippen LogP contribution in [0.2, 0.25) is 0 Å². The van der Waals surface area contributed by atoms with Crippen molar-refractivity contribution in [3.63, 3.8) is 0 Å².